The molecule has 2 aromatic rings. The first-order valence-electron chi connectivity index (χ1n) is 5.92. The number of benzene rings is 1. The fourth-order valence-corrected chi connectivity index (χ4v) is 2.65. The molecule has 3 rings (SSSR count). The van der Waals surface area contributed by atoms with E-state index in [4.69, 9.17) is 12.2 Å². The summed E-state index contributed by atoms with van der Waals surface area (Å²) in [5, 5.41) is 7.34. The van der Waals surface area contributed by atoms with E-state index >= 15 is 0 Å². The molecule has 0 saturated carbocycles. The molecule has 1 aliphatic rings. The molecule has 1 aliphatic carbocycles. The van der Waals surface area contributed by atoms with Crippen LogP contribution < -0.4 is 0 Å². The zero-order valence-corrected chi connectivity index (χ0v) is 10.6. The quantitative estimate of drug-likeness (QED) is 0.715. The minimum Gasteiger partial charge on any atom is -0.267 e. The second-order valence-electron chi connectivity index (χ2n) is 4.62. The lowest BCUT2D eigenvalue weighted by atomic mass is 10.00. The van der Waals surface area contributed by atoms with Crippen molar-refractivity contribution in [3.8, 4) is 11.3 Å². The molecule has 0 saturated heterocycles. The van der Waals surface area contributed by atoms with Gasteiger partial charge in [0.2, 0.25) is 0 Å². The van der Waals surface area contributed by atoms with Gasteiger partial charge < -0.3 is 0 Å². The van der Waals surface area contributed by atoms with E-state index < -0.39 is 0 Å². The summed E-state index contributed by atoms with van der Waals surface area (Å²) in [5.74, 6) is 0. The van der Waals surface area contributed by atoms with E-state index in [0.29, 0.717) is 0 Å². The summed E-state index contributed by atoms with van der Waals surface area (Å²) in [6.07, 6.45) is 3.36. The smallest absolute Gasteiger partial charge is 0.119 e. The Hall–Kier alpha value is -1.48. The molecule has 0 amide bonds. The van der Waals surface area contributed by atoms with Gasteiger partial charge in [0.05, 0.1) is 5.69 Å². The maximum Gasteiger partial charge on any atom is 0.119 e. The third-order valence-electron chi connectivity index (χ3n) is 3.30. The fourth-order valence-electron chi connectivity index (χ4n) is 2.46. The first-order chi connectivity index (χ1) is 8.24. The van der Waals surface area contributed by atoms with Crippen molar-refractivity contribution in [2.75, 3.05) is 0 Å². The van der Waals surface area contributed by atoms with Crippen molar-refractivity contribution in [2.24, 2.45) is 0 Å². The van der Waals surface area contributed by atoms with E-state index in [2.05, 4.69) is 41.4 Å². The van der Waals surface area contributed by atoms with Crippen LogP contribution in [-0.2, 0) is 12.8 Å². The van der Waals surface area contributed by atoms with E-state index in [9.17, 15) is 0 Å². The van der Waals surface area contributed by atoms with Crippen molar-refractivity contribution in [1.82, 2.24) is 10.2 Å². The first-order valence-corrected chi connectivity index (χ1v) is 6.33. The predicted octanol–water partition coefficient (Wildman–Crippen LogP) is 3.60. The fraction of sp³-hybridized carbons (Fsp3) is 0.286. The zero-order chi connectivity index (χ0) is 11.8. The van der Waals surface area contributed by atoms with Gasteiger partial charge in [0.15, 0.2) is 0 Å². The number of nitrogens with zero attached hydrogens (tertiary/aromatic N) is 1. The maximum atomic E-state index is 5.15. The average molecular weight is 242 g/mol. The Bertz CT molecular complexity index is 628. The lowest BCUT2D eigenvalue weighted by Gasteiger charge is -2.08. The van der Waals surface area contributed by atoms with Crippen LogP contribution in [0.15, 0.2) is 24.3 Å². The van der Waals surface area contributed by atoms with Gasteiger partial charge in [-0.1, -0.05) is 29.9 Å². The Balaban J connectivity index is 2.30. The van der Waals surface area contributed by atoms with Gasteiger partial charge in [0.1, 0.15) is 4.64 Å². The molecule has 0 atom stereocenters. The molecule has 1 N–H and O–H groups in total. The standard InChI is InChI=1S/C14H14N2S/c1-9-5-6-10-3-2-4-11-8-13(17)15-16-14(11)12(10)7-9/h5-8H,2-4H2,1H3,(H,15,17). The van der Waals surface area contributed by atoms with Crippen LogP contribution in [0.25, 0.3) is 11.3 Å². The Morgan fingerprint density at radius 1 is 1.18 bits per heavy atom. The van der Waals surface area contributed by atoms with E-state index in [1.54, 1.807) is 0 Å². The Labute approximate surface area is 106 Å². The lowest BCUT2D eigenvalue weighted by Crippen LogP contribution is -1.95. The van der Waals surface area contributed by atoms with Gasteiger partial charge in [-0.25, -0.2) is 0 Å². The van der Waals surface area contributed by atoms with Gasteiger partial charge >= 0.3 is 0 Å². The zero-order valence-electron chi connectivity index (χ0n) is 9.79. The first kappa shape index (κ1) is 10.7. The van der Waals surface area contributed by atoms with Gasteiger partial charge in [0.25, 0.3) is 0 Å². The largest absolute Gasteiger partial charge is 0.267 e. The second kappa shape index (κ2) is 4.08. The predicted molar refractivity (Wildman–Crippen MR) is 71.6 cm³/mol. The summed E-state index contributed by atoms with van der Waals surface area (Å²) in [7, 11) is 0. The number of aromatic amines is 1. The molecule has 86 valence electrons. The summed E-state index contributed by atoms with van der Waals surface area (Å²) in [5.41, 5.74) is 6.30. The molecule has 0 fully saturated rings. The van der Waals surface area contributed by atoms with Gasteiger partial charge in [0, 0.05) is 5.56 Å². The molecule has 1 aromatic heterocycles. The number of hydrogen-bond donors (Lipinski definition) is 1. The van der Waals surface area contributed by atoms with E-state index in [1.807, 2.05) is 0 Å². The van der Waals surface area contributed by atoms with Crippen LogP contribution >= 0.6 is 12.2 Å². The number of aromatic nitrogens is 2. The molecule has 1 heterocycles. The maximum absolute atomic E-state index is 5.15. The number of fused-ring (bicyclic) bond motifs is 3. The van der Waals surface area contributed by atoms with Crippen LogP contribution in [0.1, 0.15) is 23.1 Å². The highest BCUT2D eigenvalue weighted by Gasteiger charge is 2.15. The van der Waals surface area contributed by atoms with Gasteiger partial charge in [-0.15, -0.1) is 0 Å². The number of rotatable bonds is 0. The number of hydrogen-bond acceptors (Lipinski definition) is 2. The topological polar surface area (TPSA) is 28.7 Å². The molecule has 0 bridgehead atoms. The highest BCUT2D eigenvalue weighted by atomic mass is 32.1. The minimum atomic E-state index is 0.722. The Morgan fingerprint density at radius 3 is 2.88 bits per heavy atom. The number of nitrogens with one attached hydrogen (secondary N) is 1. The molecule has 3 heteroatoms. The summed E-state index contributed by atoms with van der Waals surface area (Å²) in [4.78, 5) is 0. The highest BCUT2D eigenvalue weighted by molar-refractivity contribution is 7.71. The van der Waals surface area contributed by atoms with E-state index in [-0.39, 0.29) is 0 Å². The molecular weight excluding hydrogens is 228 g/mol. The highest BCUT2D eigenvalue weighted by Crippen LogP contribution is 2.30. The Kier molecular flexibility index (Phi) is 2.56. The van der Waals surface area contributed by atoms with Crippen molar-refractivity contribution < 1.29 is 0 Å². The molecule has 0 aliphatic heterocycles. The van der Waals surface area contributed by atoms with Crippen LogP contribution in [0.3, 0.4) is 0 Å². The normalized spacial score (nSPS) is 13.7. The van der Waals surface area contributed by atoms with E-state index in [1.165, 1.54) is 28.7 Å². The van der Waals surface area contributed by atoms with Crippen molar-refractivity contribution >= 4 is 12.2 Å². The molecule has 0 unspecified atom stereocenters. The van der Waals surface area contributed by atoms with Gasteiger partial charge in [-0.2, -0.15) is 5.10 Å². The molecule has 2 nitrogen and oxygen atoms in total. The SMILES string of the molecule is Cc1ccc2c(c1)-c1n[nH]c(=S)cc1CCC2. The minimum absolute atomic E-state index is 0.722. The third-order valence-corrected chi connectivity index (χ3v) is 3.51. The van der Waals surface area contributed by atoms with Crippen molar-refractivity contribution in [2.45, 2.75) is 26.2 Å². The summed E-state index contributed by atoms with van der Waals surface area (Å²) in [6.45, 7) is 2.12. The molecule has 0 radical (unpaired) electrons. The van der Waals surface area contributed by atoms with Crippen LogP contribution in [0.5, 0.6) is 0 Å². The number of aryl methyl sites for hydroxylation is 3. The van der Waals surface area contributed by atoms with Crippen LogP contribution in [0.2, 0.25) is 0 Å². The summed E-state index contributed by atoms with van der Waals surface area (Å²) < 4.78 is 0.722. The van der Waals surface area contributed by atoms with Crippen LogP contribution in [-0.4, -0.2) is 10.2 Å². The number of H-pyrrole nitrogens is 1. The average Bonchev–Trinajstić information content (AvgIpc) is 2.47. The monoisotopic (exact) mass is 242 g/mol. The summed E-state index contributed by atoms with van der Waals surface area (Å²) in [6, 6.07) is 8.68. The van der Waals surface area contributed by atoms with E-state index in [0.717, 1.165) is 23.2 Å². The summed E-state index contributed by atoms with van der Waals surface area (Å²) >= 11 is 5.15. The second-order valence-corrected chi connectivity index (χ2v) is 5.06. The molecule has 17 heavy (non-hydrogen) atoms. The molecular formula is C14H14N2S. The molecule has 0 spiro atoms. The Morgan fingerprint density at radius 2 is 2.00 bits per heavy atom. The molecule has 1 aromatic carbocycles. The van der Waals surface area contributed by atoms with Crippen molar-refractivity contribution in [3.05, 3.63) is 45.6 Å². The van der Waals surface area contributed by atoms with Crippen molar-refractivity contribution in [3.63, 3.8) is 0 Å². The van der Waals surface area contributed by atoms with Crippen LogP contribution in [0.4, 0.5) is 0 Å². The van der Waals surface area contributed by atoms with Crippen LogP contribution in [0, 0.1) is 11.6 Å². The third kappa shape index (κ3) is 1.91. The lowest BCUT2D eigenvalue weighted by molar-refractivity contribution is 0.828. The van der Waals surface area contributed by atoms with Crippen molar-refractivity contribution in [1.29, 1.82) is 0 Å². The van der Waals surface area contributed by atoms with Gasteiger partial charge in [-0.05, 0) is 49.4 Å². The van der Waals surface area contributed by atoms with Gasteiger partial charge in [-0.3, -0.25) is 5.10 Å².